The Morgan fingerprint density at radius 3 is 2.14 bits per heavy atom. The highest BCUT2D eigenvalue weighted by molar-refractivity contribution is 5.48. The van der Waals surface area contributed by atoms with Crippen LogP contribution in [0.5, 0.6) is 0 Å². The van der Waals surface area contributed by atoms with Gasteiger partial charge >= 0.3 is 0 Å². The summed E-state index contributed by atoms with van der Waals surface area (Å²) in [6.07, 6.45) is 0.771. The van der Waals surface area contributed by atoms with Crippen molar-refractivity contribution in [2.45, 2.75) is 18.5 Å². The molecule has 2 rings (SSSR count). The van der Waals surface area contributed by atoms with Crippen molar-refractivity contribution < 1.29 is 9.72 Å². The normalized spacial score (nSPS) is 13.1. The summed E-state index contributed by atoms with van der Waals surface area (Å²) >= 11 is 0. The van der Waals surface area contributed by atoms with E-state index in [0.717, 1.165) is 11.1 Å². The number of carbonyl (C=O) groups is 1. The van der Waals surface area contributed by atoms with Crippen LogP contribution in [-0.2, 0) is 11.2 Å². The number of nitro groups is 1. The maximum absolute atomic E-state index is 11.4. The van der Waals surface area contributed by atoms with Gasteiger partial charge in [-0.2, -0.15) is 0 Å². The minimum Gasteiger partial charge on any atom is -0.345 e. The zero-order chi connectivity index (χ0) is 15.1. The number of carbonyl (C=O) groups excluding carboxylic acids is 1. The van der Waals surface area contributed by atoms with Crippen molar-refractivity contribution in [3.05, 3.63) is 81.9 Å². The molecule has 5 nitrogen and oxygen atoms in total. The molecule has 5 heteroatoms. The third kappa shape index (κ3) is 3.89. The van der Waals surface area contributed by atoms with Gasteiger partial charge < -0.3 is 5.32 Å². The first-order valence-electron chi connectivity index (χ1n) is 6.64. The fraction of sp³-hybridized carbons (Fsp3) is 0.188. The Morgan fingerprint density at radius 1 is 1.05 bits per heavy atom. The van der Waals surface area contributed by atoms with E-state index in [0.29, 0.717) is 6.41 Å². The molecule has 0 fully saturated rings. The van der Waals surface area contributed by atoms with Gasteiger partial charge in [-0.25, -0.2) is 0 Å². The highest BCUT2D eigenvalue weighted by Crippen LogP contribution is 2.21. The van der Waals surface area contributed by atoms with Crippen LogP contribution in [-0.4, -0.2) is 17.4 Å². The van der Waals surface area contributed by atoms with Gasteiger partial charge in [0.25, 0.3) is 0 Å². The van der Waals surface area contributed by atoms with Crippen molar-refractivity contribution in [3.63, 3.8) is 0 Å². The van der Waals surface area contributed by atoms with Gasteiger partial charge in [0.2, 0.25) is 12.5 Å². The molecule has 0 spiro atoms. The van der Waals surface area contributed by atoms with Gasteiger partial charge in [0.1, 0.15) is 6.04 Å². The summed E-state index contributed by atoms with van der Waals surface area (Å²) in [6.45, 7) is 0. The maximum atomic E-state index is 11.4. The van der Waals surface area contributed by atoms with E-state index in [1.807, 2.05) is 36.4 Å². The summed E-state index contributed by atoms with van der Waals surface area (Å²) in [5.74, 6) is 0. The third-order valence-electron chi connectivity index (χ3n) is 3.35. The van der Waals surface area contributed by atoms with Crippen molar-refractivity contribution in [2.24, 2.45) is 0 Å². The quantitative estimate of drug-likeness (QED) is 0.482. The van der Waals surface area contributed by atoms with Crippen LogP contribution in [0.2, 0.25) is 0 Å². The third-order valence-corrected chi connectivity index (χ3v) is 3.35. The molecule has 0 aliphatic carbocycles. The summed E-state index contributed by atoms with van der Waals surface area (Å²) in [4.78, 5) is 21.9. The van der Waals surface area contributed by atoms with E-state index in [-0.39, 0.29) is 11.3 Å². The van der Waals surface area contributed by atoms with E-state index in [4.69, 9.17) is 0 Å². The van der Waals surface area contributed by atoms with Gasteiger partial charge in [-0.05, 0) is 11.1 Å². The highest BCUT2D eigenvalue weighted by Gasteiger charge is 2.32. The van der Waals surface area contributed by atoms with Crippen LogP contribution >= 0.6 is 0 Å². The zero-order valence-corrected chi connectivity index (χ0v) is 11.4. The van der Waals surface area contributed by atoms with Crippen LogP contribution in [0.25, 0.3) is 0 Å². The fourth-order valence-corrected chi connectivity index (χ4v) is 2.33. The second kappa shape index (κ2) is 7.19. The molecule has 108 valence electrons. The molecule has 0 saturated carbocycles. The lowest BCUT2D eigenvalue weighted by atomic mass is 9.94. The van der Waals surface area contributed by atoms with Crippen LogP contribution in [0.3, 0.4) is 0 Å². The van der Waals surface area contributed by atoms with Crippen molar-refractivity contribution in [3.8, 4) is 0 Å². The molecular weight excluding hydrogens is 268 g/mol. The molecule has 2 atom stereocenters. The number of nitrogens with zero attached hydrogens (tertiary/aromatic N) is 1. The Bertz CT molecular complexity index is 587. The Kier molecular flexibility index (Phi) is 5.04. The van der Waals surface area contributed by atoms with Gasteiger partial charge in [0, 0.05) is 11.3 Å². The molecule has 21 heavy (non-hydrogen) atoms. The number of hydrogen-bond donors (Lipinski definition) is 1. The molecule has 0 heterocycles. The summed E-state index contributed by atoms with van der Waals surface area (Å²) < 4.78 is 0. The Hall–Kier alpha value is -2.69. The summed E-state index contributed by atoms with van der Waals surface area (Å²) in [5.41, 5.74) is 1.59. The number of amides is 1. The van der Waals surface area contributed by atoms with Gasteiger partial charge in [0.15, 0.2) is 0 Å². The molecule has 2 aromatic rings. The molecule has 0 aromatic heterocycles. The molecule has 2 aromatic carbocycles. The highest BCUT2D eigenvalue weighted by atomic mass is 16.6. The average molecular weight is 284 g/mol. The summed E-state index contributed by atoms with van der Waals surface area (Å²) in [6, 6.07) is 16.7. The largest absolute Gasteiger partial charge is 0.345 e. The van der Waals surface area contributed by atoms with Crippen molar-refractivity contribution in [2.75, 3.05) is 0 Å². The van der Waals surface area contributed by atoms with Crippen LogP contribution in [0, 0.1) is 10.1 Å². The Labute approximate surface area is 122 Å². The van der Waals surface area contributed by atoms with Gasteiger partial charge in [0.05, 0.1) is 0 Å². The first-order valence-corrected chi connectivity index (χ1v) is 6.64. The van der Waals surface area contributed by atoms with E-state index < -0.39 is 12.1 Å². The van der Waals surface area contributed by atoms with E-state index in [2.05, 4.69) is 5.32 Å². The molecule has 1 amide bonds. The smallest absolute Gasteiger partial charge is 0.241 e. The van der Waals surface area contributed by atoms with Crippen LogP contribution in [0.1, 0.15) is 17.2 Å². The number of hydrogen-bond acceptors (Lipinski definition) is 3. The lowest BCUT2D eigenvalue weighted by Gasteiger charge is -2.21. The molecular formula is C16H16N2O3. The lowest BCUT2D eigenvalue weighted by Crippen LogP contribution is -2.38. The summed E-state index contributed by atoms with van der Waals surface area (Å²) in [7, 11) is 0. The molecule has 0 aliphatic heterocycles. The second-order valence-corrected chi connectivity index (χ2v) is 4.72. The first kappa shape index (κ1) is 14.7. The molecule has 0 aliphatic rings. The minimum absolute atomic E-state index is 0.258. The van der Waals surface area contributed by atoms with Crippen molar-refractivity contribution >= 4 is 6.41 Å². The molecule has 0 radical (unpaired) electrons. The van der Waals surface area contributed by atoms with Gasteiger partial charge in [-0.15, -0.1) is 0 Å². The molecule has 0 unspecified atom stereocenters. The molecule has 0 bridgehead atoms. The number of rotatable bonds is 7. The van der Waals surface area contributed by atoms with E-state index in [1.54, 1.807) is 24.3 Å². The molecule has 0 saturated heterocycles. The van der Waals surface area contributed by atoms with E-state index in [1.165, 1.54) is 0 Å². The Balaban J connectivity index is 2.29. The second-order valence-electron chi connectivity index (χ2n) is 4.72. The maximum Gasteiger partial charge on any atom is 0.241 e. The Morgan fingerprint density at radius 2 is 1.62 bits per heavy atom. The number of nitrogens with one attached hydrogen (secondary N) is 1. The topological polar surface area (TPSA) is 72.2 Å². The predicted octanol–water partition coefficient (Wildman–Crippen LogP) is 2.36. The van der Waals surface area contributed by atoms with Gasteiger partial charge in [-0.3, -0.25) is 14.9 Å². The van der Waals surface area contributed by atoms with E-state index >= 15 is 0 Å². The summed E-state index contributed by atoms with van der Waals surface area (Å²) in [5, 5.41) is 14.0. The minimum atomic E-state index is -0.917. The fourth-order valence-electron chi connectivity index (χ4n) is 2.33. The number of benzene rings is 2. The predicted molar refractivity (Wildman–Crippen MR) is 79.3 cm³/mol. The first-order chi connectivity index (χ1) is 10.2. The van der Waals surface area contributed by atoms with E-state index in [9.17, 15) is 14.9 Å². The van der Waals surface area contributed by atoms with Crippen LogP contribution in [0.4, 0.5) is 0 Å². The molecule has 1 N–H and O–H groups in total. The van der Waals surface area contributed by atoms with Crippen LogP contribution < -0.4 is 5.32 Å². The monoisotopic (exact) mass is 284 g/mol. The van der Waals surface area contributed by atoms with Crippen molar-refractivity contribution in [1.29, 1.82) is 0 Å². The standard InChI is InChI=1S/C16H16N2O3/c19-12-17-16(14-9-5-2-6-10-14)15(18(20)21)11-13-7-3-1-4-8-13/h1-10,12,15-16H,11H2,(H,17,19)/t15-,16+/m0/s1. The van der Waals surface area contributed by atoms with Crippen molar-refractivity contribution in [1.82, 2.24) is 5.32 Å². The van der Waals surface area contributed by atoms with Crippen LogP contribution in [0.15, 0.2) is 60.7 Å². The lowest BCUT2D eigenvalue weighted by molar-refractivity contribution is -0.527. The average Bonchev–Trinajstić information content (AvgIpc) is 2.52. The zero-order valence-electron chi connectivity index (χ0n) is 11.4. The SMILES string of the molecule is O=CN[C@H](c1ccccc1)[C@H](Cc1ccccc1)[N+](=O)[O-]. The van der Waals surface area contributed by atoms with Gasteiger partial charge in [-0.1, -0.05) is 60.7 Å².